The monoisotopic (exact) mass is 489 g/mol. The van der Waals surface area contributed by atoms with E-state index in [0.29, 0.717) is 11.5 Å². The number of likely N-dealkylation sites (N-methyl/N-ethyl adjacent to an activating group) is 2. The fourth-order valence-corrected chi connectivity index (χ4v) is 10.6. The Morgan fingerprint density at radius 1 is 0.800 bits per heavy atom. The van der Waals surface area contributed by atoms with E-state index in [-0.39, 0.29) is 11.5 Å². The fourth-order valence-electron chi connectivity index (χ4n) is 10.6. The predicted octanol–water partition coefficient (Wildman–Crippen LogP) is 3.61. The normalized spacial score (nSPS) is 51.8. The number of hydrogen-bond donors (Lipinski definition) is 1. The molecule has 200 valence electrons. The van der Waals surface area contributed by atoms with Crippen LogP contribution in [0.5, 0.6) is 0 Å². The average molecular weight is 490 g/mol. The average Bonchev–Trinajstić information content (AvgIpc) is 3.11. The Labute approximate surface area is 215 Å². The third-order valence-corrected chi connectivity index (χ3v) is 13.4. The molecule has 2 saturated heterocycles. The van der Waals surface area contributed by atoms with Gasteiger partial charge < -0.3 is 18.8 Å². The summed E-state index contributed by atoms with van der Waals surface area (Å²) in [4.78, 5) is 2.87. The largest absolute Gasteiger partial charge is 0.386 e. The Kier molecular flexibility index (Phi) is 6.21. The van der Waals surface area contributed by atoms with Crippen molar-refractivity contribution in [1.29, 1.82) is 0 Å². The van der Waals surface area contributed by atoms with Gasteiger partial charge in [0.15, 0.2) is 0 Å². The fraction of sp³-hybridized carbons (Fsp3) is 1.00. The van der Waals surface area contributed by atoms with Gasteiger partial charge in [-0.25, -0.2) is 0 Å². The molecule has 9 atom stereocenters. The van der Waals surface area contributed by atoms with Gasteiger partial charge in [0.05, 0.1) is 47.4 Å². The van der Waals surface area contributed by atoms with Crippen molar-refractivity contribution < 1.29 is 18.8 Å². The number of quaternary nitrogens is 2. The van der Waals surface area contributed by atoms with Crippen LogP contribution in [-0.2, 0) is 4.74 Å². The van der Waals surface area contributed by atoms with Crippen LogP contribution in [0, 0.1) is 34.5 Å². The zero-order valence-electron chi connectivity index (χ0n) is 23.6. The molecule has 5 nitrogen and oxygen atoms in total. The quantitative estimate of drug-likeness (QED) is 0.602. The van der Waals surface area contributed by atoms with Gasteiger partial charge in [0.2, 0.25) is 0 Å². The lowest BCUT2D eigenvalue weighted by molar-refractivity contribution is -0.943. The summed E-state index contributed by atoms with van der Waals surface area (Å²) in [5, 5.41) is 11.8. The number of morpholine rings is 1. The molecular formula is C30H55N3O2+2. The molecule has 0 bridgehead atoms. The van der Waals surface area contributed by atoms with Crippen molar-refractivity contribution in [1.82, 2.24) is 4.90 Å². The first kappa shape index (κ1) is 25.1. The Morgan fingerprint density at radius 3 is 2.20 bits per heavy atom. The van der Waals surface area contributed by atoms with Crippen LogP contribution in [-0.4, -0.2) is 111 Å². The predicted molar refractivity (Wildman–Crippen MR) is 141 cm³/mol. The number of ether oxygens (including phenoxy) is 1. The molecule has 4 aliphatic carbocycles. The van der Waals surface area contributed by atoms with E-state index in [2.05, 4.69) is 39.9 Å². The van der Waals surface area contributed by atoms with Gasteiger partial charge in [-0.3, -0.25) is 4.90 Å². The van der Waals surface area contributed by atoms with Crippen LogP contribution in [0.25, 0.3) is 0 Å². The maximum atomic E-state index is 11.8. The smallest absolute Gasteiger partial charge is 0.116 e. The van der Waals surface area contributed by atoms with Gasteiger partial charge in [-0.15, -0.1) is 0 Å². The van der Waals surface area contributed by atoms with Crippen molar-refractivity contribution in [2.45, 2.75) is 83.4 Å². The summed E-state index contributed by atoms with van der Waals surface area (Å²) >= 11 is 0. The van der Waals surface area contributed by atoms with Crippen molar-refractivity contribution >= 4 is 0 Å². The minimum absolute atomic E-state index is 0.130. The molecule has 6 aliphatic rings. The molecular weight excluding hydrogens is 434 g/mol. The van der Waals surface area contributed by atoms with Gasteiger partial charge in [0.1, 0.15) is 25.2 Å². The van der Waals surface area contributed by atoms with E-state index in [1.165, 1.54) is 82.0 Å². The molecule has 0 spiro atoms. The topological polar surface area (TPSA) is 32.7 Å². The molecule has 1 N–H and O–H groups in total. The van der Waals surface area contributed by atoms with Crippen LogP contribution in [0.2, 0.25) is 0 Å². The minimum Gasteiger partial charge on any atom is -0.386 e. The van der Waals surface area contributed by atoms with E-state index in [9.17, 15) is 5.11 Å². The van der Waals surface area contributed by atoms with Crippen LogP contribution < -0.4 is 0 Å². The van der Waals surface area contributed by atoms with Gasteiger partial charge >= 0.3 is 0 Å². The highest BCUT2D eigenvalue weighted by atomic mass is 16.5. The lowest BCUT2D eigenvalue weighted by Gasteiger charge is -2.61. The number of aliphatic hydroxyl groups is 1. The number of fused-ring (bicyclic) bond motifs is 5. The maximum absolute atomic E-state index is 11.8. The second kappa shape index (κ2) is 8.66. The van der Waals surface area contributed by atoms with Crippen molar-refractivity contribution in [3.8, 4) is 0 Å². The SMILES string of the molecule is C[C@]12CC[C@H](N3CC[N+](C)(C)CC3)C[C@@H]1CC[C@@H]1[C@@H]2CC[C@]2(C)[C@@H](O)[C@@H]([N+]3(C)CCOCC3)C[C@@H]12. The number of piperazine rings is 1. The number of aliphatic hydroxyl groups excluding tert-OH is 1. The van der Waals surface area contributed by atoms with E-state index in [1.807, 2.05) is 0 Å². The zero-order valence-corrected chi connectivity index (χ0v) is 23.6. The van der Waals surface area contributed by atoms with Crippen LogP contribution in [0.1, 0.15) is 65.2 Å². The van der Waals surface area contributed by atoms with Crippen molar-refractivity contribution in [3.05, 3.63) is 0 Å². The number of nitrogens with zero attached hydrogens (tertiary/aromatic N) is 3. The minimum atomic E-state index is -0.139. The lowest BCUT2D eigenvalue weighted by atomic mass is 9.45. The Morgan fingerprint density at radius 2 is 1.49 bits per heavy atom. The first-order valence-corrected chi connectivity index (χ1v) is 15.2. The summed E-state index contributed by atoms with van der Waals surface area (Å²) in [6.45, 7) is 14.3. The molecule has 0 radical (unpaired) electrons. The van der Waals surface area contributed by atoms with Crippen LogP contribution in [0.4, 0.5) is 0 Å². The van der Waals surface area contributed by atoms with Crippen molar-refractivity contribution in [3.63, 3.8) is 0 Å². The highest BCUT2D eigenvalue weighted by Gasteiger charge is 2.65. The van der Waals surface area contributed by atoms with Gasteiger partial charge in [-0.1, -0.05) is 13.8 Å². The summed E-state index contributed by atoms with van der Waals surface area (Å²) in [6.07, 6.45) is 10.9. The van der Waals surface area contributed by atoms with E-state index in [1.54, 1.807) is 0 Å². The molecule has 0 aromatic heterocycles. The van der Waals surface area contributed by atoms with E-state index >= 15 is 0 Å². The van der Waals surface area contributed by atoms with E-state index in [0.717, 1.165) is 60.5 Å². The molecule has 0 unspecified atom stereocenters. The lowest BCUT2D eigenvalue weighted by Crippen LogP contribution is -2.61. The second-order valence-corrected chi connectivity index (χ2v) is 15.3. The van der Waals surface area contributed by atoms with E-state index < -0.39 is 0 Å². The van der Waals surface area contributed by atoms with Gasteiger partial charge in [-0.2, -0.15) is 0 Å². The molecule has 6 fully saturated rings. The maximum Gasteiger partial charge on any atom is 0.116 e. The van der Waals surface area contributed by atoms with Crippen molar-refractivity contribution in [2.24, 2.45) is 34.5 Å². The van der Waals surface area contributed by atoms with Gasteiger partial charge in [-0.05, 0) is 74.0 Å². The van der Waals surface area contributed by atoms with Crippen LogP contribution in [0.3, 0.4) is 0 Å². The summed E-state index contributed by atoms with van der Waals surface area (Å²) < 4.78 is 7.96. The third-order valence-electron chi connectivity index (χ3n) is 13.4. The highest BCUT2D eigenvalue weighted by molar-refractivity contribution is 5.12. The van der Waals surface area contributed by atoms with Gasteiger partial charge in [0, 0.05) is 31.0 Å². The van der Waals surface area contributed by atoms with Crippen molar-refractivity contribution in [2.75, 3.05) is 73.6 Å². The molecule has 4 saturated carbocycles. The zero-order chi connectivity index (χ0) is 24.6. The summed E-state index contributed by atoms with van der Waals surface area (Å²) in [5.74, 6) is 3.36. The standard InChI is InChI=1S/C30H55N3O2/c1-29-10-8-23(31-12-14-32(3,4)15-13-31)20-22(29)6-7-24-25(29)9-11-30(2)26(24)21-27(28(30)34)33(5)16-18-35-19-17-33/h22-28,34H,6-21H2,1-5H3/q+2/t22-,23-,24+,25-,26-,27-,28-,29-,30-/m0/s1. The first-order valence-electron chi connectivity index (χ1n) is 15.2. The van der Waals surface area contributed by atoms with Gasteiger partial charge in [0.25, 0.3) is 0 Å². The molecule has 6 rings (SSSR count). The van der Waals surface area contributed by atoms with E-state index in [4.69, 9.17) is 4.74 Å². The second-order valence-electron chi connectivity index (χ2n) is 15.3. The molecule has 0 amide bonds. The summed E-state index contributed by atoms with van der Waals surface area (Å²) in [7, 11) is 7.22. The summed E-state index contributed by atoms with van der Waals surface area (Å²) in [5.41, 5.74) is 0.664. The molecule has 2 heterocycles. The summed E-state index contributed by atoms with van der Waals surface area (Å²) in [6, 6.07) is 1.25. The van der Waals surface area contributed by atoms with Crippen LogP contribution >= 0.6 is 0 Å². The Balaban J connectivity index is 1.17. The molecule has 5 heteroatoms. The third kappa shape index (κ3) is 3.97. The van der Waals surface area contributed by atoms with Crippen LogP contribution in [0.15, 0.2) is 0 Å². The Bertz CT molecular complexity index is 786. The molecule has 0 aromatic rings. The number of rotatable bonds is 2. The Hall–Kier alpha value is -0.200. The number of hydrogen-bond acceptors (Lipinski definition) is 3. The molecule has 35 heavy (non-hydrogen) atoms. The molecule has 2 aliphatic heterocycles. The molecule has 0 aromatic carbocycles. The highest BCUT2D eigenvalue weighted by Crippen LogP contribution is 2.67. The first-order chi connectivity index (χ1) is 16.6.